The molecule has 0 spiro atoms. The summed E-state index contributed by atoms with van der Waals surface area (Å²) in [5.41, 5.74) is 1.53. The minimum Gasteiger partial charge on any atom is -0.495 e. The average Bonchev–Trinajstić information content (AvgIpc) is 2.77. The first-order valence-corrected chi connectivity index (χ1v) is 12.3. The van der Waals surface area contributed by atoms with Gasteiger partial charge in [-0.3, -0.25) is 4.79 Å². The van der Waals surface area contributed by atoms with Crippen molar-refractivity contribution in [2.75, 3.05) is 25.5 Å². The van der Waals surface area contributed by atoms with Crippen LogP contribution in [0.15, 0.2) is 82.2 Å². The number of nitrogens with one attached hydrogen (secondary N) is 1. The molecular weight excluding hydrogens is 516 g/mol. The zero-order valence-electron chi connectivity index (χ0n) is 17.3. The van der Waals surface area contributed by atoms with E-state index < -0.39 is 15.9 Å². The second-order valence-corrected chi connectivity index (χ2v) is 10.2. The van der Waals surface area contributed by atoms with Crippen LogP contribution in [-0.2, 0) is 21.2 Å². The van der Waals surface area contributed by atoms with Crippen molar-refractivity contribution in [2.24, 2.45) is 0 Å². The Morgan fingerprint density at radius 3 is 2.47 bits per heavy atom. The molecule has 1 N–H and O–H groups in total. The Hall–Kier alpha value is -2.39. The molecule has 3 rings (SSSR count). The lowest BCUT2D eigenvalue weighted by atomic mass is 10.1. The molecule has 32 heavy (non-hydrogen) atoms. The van der Waals surface area contributed by atoms with Crippen LogP contribution in [0, 0.1) is 0 Å². The number of amides is 1. The van der Waals surface area contributed by atoms with E-state index >= 15 is 0 Å². The molecule has 9 heteroatoms. The van der Waals surface area contributed by atoms with Crippen LogP contribution >= 0.6 is 27.5 Å². The summed E-state index contributed by atoms with van der Waals surface area (Å²) < 4.78 is 33.8. The Morgan fingerprint density at radius 2 is 1.81 bits per heavy atom. The van der Waals surface area contributed by atoms with Crippen molar-refractivity contribution in [3.8, 4) is 5.75 Å². The number of sulfonamides is 1. The zero-order valence-corrected chi connectivity index (χ0v) is 20.5. The maximum atomic E-state index is 13.4. The van der Waals surface area contributed by atoms with E-state index in [1.54, 1.807) is 18.2 Å². The van der Waals surface area contributed by atoms with Crippen molar-refractivity contribution in [3.63, 3.8) is 0 Å². The third kappa shape index (κ3) is 6.32. The second-order valence-electron chi connectivity index (χ2n) is 6.93. The Balaban J connectivity index is 1.85. The van der Waals surface area contributed by atoms with Gasteiger partial charge in [-0.2, -0.15) is 4.31 Å². The standard InChI is InChI=1S/C23H22BrClN2O4S/c1-31-22-11-10-20(15-21(22)25)32(29,30)27(13-12-17-6-3-2-4-7-17)16-23(28)26-19-9-5-8-18(24)14-19/h2-11,14-15H,12-13,16H2,1H3,(H,26,28). The maximum absolute atomic E-state index is 13.4. The van der Waals surface area contributed by atoms with Crippen LogP contribution in [0.5, 0.6) is 5.75 Å². The van der Waals surface area contributed by atoms with Gasteiger partial charge in [-0.25, -0.2) is 8.42 Å². The first-order valence-electron chi connectivity index (χ1n) is 9.72. The quantitative estimate of drug-likeness (QED) is 0.418. The van der Waals surface area contributed by atoms with Crippen LogP contribution in [-0.4, -0.2) is 38.8 Å². The van der Waals surface area contributed by atoms with E-state index in [1.807, 2.05) is 36.4 Å². The molecule has 3 aromatic rings. The summed E-state index contributed by atoms with van der Waals surface area (Å²) in [5.74, 6) is -0.0757. The lowest BCUT2D eigenvalue weighted by Gasteiger charge is -2.22. The molecule has 0 bridgehead atoms. The Labute approximate surface area is 201 Å². The second kappa shape index (κ2) is 11.0. The van der Waals surface area contributed by atoms with E-state index in [9.17, 15) is 13.2 Å². The summed E-state index contributed by atoms with van der Waals surface area (Å²) in [5, 5.41) is 2.92. The van der Waals surface area contributed by atoms with Crippen molar-refractivity contribution >= 4 is 49.1 Å². The number of ether oxygens (including phenoxy) is 1. The van der Waals surface area contributed by atoms with Crippen LogP contribution in [0.2, 0.25) is 5.02 Å². The van der Waals surface area contributed by atoms with Crippen molar-refractivity contribution in [1.29, 1.82) is 0 Å². The third-order valence-electron chi connectivity index (χ3n) is 4.68. The number of methoxy groups -OCH3 is 1. The summed E-state index contributed by atoms with van der Waals surface area (Å²) in [7, 11) is -2.54. The monoisotopic (exact) mass is 536 g/mol. The molecule has 3 aromatic carbocycles. The highest BCUT2D eigenvalue weighted by atomic mass is 79.9. The van der Waals surface area contributed by atoms with Crippen molar-refractivity contribution in [1.82, 2.24) is 4.31 Å². The molecule has 0 heterocycles. The third-order valence-corrected chi connectivity index (χ3v) is 7.31. The van der Waals surface area contributed by atoms with Gasteiger partial charge in [0.05, 0.1) is 23.6 Å². The molecule has 0 unspecified atom stereocenters. The Kier molecular flexibility index (Phi) is 8.31. The molecule has 0 saturated carbocycles. The molecule has 6 nitrogen and oxygen atoms in total. The fourth-order valence-electron chi connectivity index (χ4n) is 3.07. The molecular formula is C23H22BrClN2O4S. The number of anilines is 1. The van der Waals surface area contributed by atoms with Crippen molar-refractivity contribution < 1.29 is 17.9 Å². The minimum atomic E-state index is -3.99. The number of halogens is 2. The minimum absolute atomic E-state index is 0.00776. The van der Waals surface area contributed by atoms with Gasteiger partial charge in [-0.15, -0.1) is 0 Å². The molecule has 168 valence electrons. The molecule has 0 aliphatic heterocycles. The lowest BCUT2D eigenvalue weighted by molar-refractivity contribution is -0.116. The lowest BCUT2D eigenvalue weighted by Crippen LogP contribution is -2.39. The predicted octanol–water partition coefficient (Wildman–Crippen LogP) is 4.98. The van der Waals surface area contributed by atoms with Crippen LogP contribution in [0.4, 0.5) is 5.69 Å². The fraction of sp³-hybridized carbons (Fsp3) is 0.174. The molecule has 0 aliphatic rings. The highest BCUT2D eigenvalue weighted by Gasteiger charge is 2.27. The molecule has 0 fully saturated rings. The molecule has 0 saturated heterocycles. The summed E-state index contributed by atoms with van der Waals surface area (Å²) in [6.07, 6.45) is 0.453. The topological polar surface area (TPSA) is 75.7 Å². The molecule has 0 radical (unpaired) electrons. The normalized spacial score (nSPS) is 11.4. The van der Waals surface area contributed by atoms with E-state index in [0.29, 0.717) is 17.9 Å². The van der Waals surface area contributed by atoms with Crippen LogP contribution in [0.25, 0.3) is 0 Å². The first-order chi connectivity index (χ1) is 15.3. The van der Waals surface area contributed by atoms with Crippen molar-refractivity contribution in [2.45, 2.75) is 11.3 Å². The van der Waals surface area contributed by atoms with E-state index in [0.717, 1.165) is 14.3 Å². The molecule has 0 aromatic heterocycles. The van der Waals surface area contributed by atoms with E-state index in [4.69, 9.17) is 16.3 Å². The Bertz CT molecular complexity index is 1190. The van der Waals surface area contributed by atoms with Crippen LogP contribution < -0.4 is 10.1 Å². The summed E-state index contributed by atoms with van der Waals surface area (Å²) in [4.78, 5) is 12.7. The predicted molar refractivity (Wildman–Crippen MR) is 130 cm³/mol. The number of carbonyl (C=O) groups is 1. The average molecular weight is 538 g/mol. The number of benzene rings is 3. The zero-order chi connectivity index (χ0) is 23.1. The first kappa shape index (κ1) is 24.3. The van der Waals surface area contributed by atoms with E-state index in [2.05, 4.69) is 21.2 Å². The molecule has 1 amide bonds. The highest BCUT2D eigenvalue weighted by molar-refractivity contribution is 9.10. The van der Waals surface area contributed by atoms with Gasteiger partial charge in [0.15, 0.2) is 0 Å². The van der Waals surface area contributed by atoms with E-state index in [1.165, 1.54) is 25.3 Å². The van der Waals surface area contributed by atoms with Gasteiger partial charge in [-0.05, 0) is 48.4 Å². The van der Waals surface area contributed by atoms with Crippen LogP contribution in [0.1, 0.15) is 5.56 Å². The van der Waals surface area contributed by atoms with Crippen LogP contribution in [0.3, 0.4) is 0 Å². The highest BCUT2D eigenvalue weighted by Crippen LogP contribution is 2.28. The summed E-state index contributed by atoms with van der Waals surface area (Å²) >= 11 is 9.50. The molecule has 0 aliphatic carbocycles. The fourth-order valence-corrected chi connectivity index (χ4v) is 5.21. The number of rotatable bonds is 9. The largest absolute Gasteiger partial charge is 0.495 e. The van der Waals surface area contributed by atoms with Crippen molar-refractivity contribution in [3.05, 3.63) is 87.9 Å². The van der Waals surface area contributed by atoms with Gasteiger partial charge in [0.2, 0.25) is 15.9 Å². The number of hydrogen-bond acceptors (Lipinski definition) is 4. The SMILES string of the molecule is COc1ccc(S(=O)(=O)N(CCc2ccccc2)CC(=O)Nc2cccc(Br)c2)cc1Cl. The van der Waals surface area contributed by atoms with Gasteiger partial charge >= 0.3 is 0 Å². The van der Waals surface area contributed by atoms with Gasteiger partial charge in [0.25, 0.3) is 0 Å². The number of hydrogen-bond donors (Lipinski definition) is 1. The number of nitrogens with zero attached hydrogens (tertiary/aromatic N) is 1. The van der Waals surface area contributed by atoms with Gasteiger partial charge < -0.3 is 10.1 Å². The summed E-state index contributed by atoms with van der Waals surface area (Å²) in [6.45, 7) is -0.215. The van der Waals surface area contributed by atoms with Gasteiger partial charge in [0.1, 0.15) is 5.75 Å². The van der Waals surface area contributed by atoms with Gasteiger partial charge in [0, 0.05) is 16.7 Å². The Morgan fingerprint density at radius 1 is 1.06 bits per heavy atom. The smallest absolute Gasteiger partial charge is 0.243 e. The maximum Gasteiger partial charge on any atom is 0.243 e. The number of carbonyl (C=O) groups excluding carboxylic acids is 1. The molecule has 0 atom stereocenters. The van der Waals surface area contributed by atoms with Gasteiger partial charge in [-0.1, -0.05) is 63.9 Å². The van der Waals surface area contributed by atoms with E-state index in [-0.39, 0.29) is 23.0 Å². The summed E-state index contributed by atoms with van der Waals surface area (Å²) in [6, 6.07) is 20.8.